The first-order valence-electron chi connectivity index (χ1n) is 6.38. The van der Waals surface area contributed by atoms with Crippen LogP contribution >= 0.6 is 11.6 Å². The molecule has 0 atom stereocenters. The fraction of sp³-hybridized carbons (Fsp3) is 0.250. The van der Waals surface area contributed by atoms with Gasteiger partial charge in [-0.1, -0.05) is 30.3 Å². The van der Waals surface area contributed by atoms with Crippen molar-refractivity contribution < 1.29 is 4.39 Å². The molecule has 0 saturated heterocycles. The molecule has 0 spiro atoms. The number of benzene rings is 2. The molecule has 0 aliphatic heterocycles. The first-order valence-corrected chi connectivity index (χ1v) is 6.91. The van der Waals surface area contributed by atoms with Crippen molar-refractivity contribution in [2.45, 2.75) is 19.3 Å². The Morgan fingerprint density at radius 1 is 1.11 bits per heavy atom. The molecule has 0 aliphatic rings. The molecule has 2 aromatic carbocycles. The normalized spacial score (nSPS) is 10.5. The maximum absolute atomic E-state index is 13.3. The average Bonchev–Trinajstić information content (AvgIpc) is 2.46. The van der Waals surface area contributed by atoms with Crippen LogP contribution in [0.4, 0.5) is 10.1 Å². The Balaban J connectivity index is 2.27. The van der Waals surface area contributed by atoms with Crippen LogP contribution in [0.2, 0.25) is 0 Å². The molecular weight excluding hydrogens is 261 g/mol. The van der Waals surface area contributed by atoms with Crippen molar-refractivity contribution in [2.24, 2.45) is 0 Å². The van der Waals surface area contributed by atoms with E-state index in [-0.39, 0.29) is 5.82 Å². The van der Waals surface area contributed by atoms with Crippen LogP contribution < -0.4 is 4.90 Å². The Morgan fingerprint density at radius 2 is 1.84 bits per heavy atom. The van der Waals surface area contributed by atoms with Crippen molar-refractivity contribution in [1.29, 1.82) is 0 Å². The highest BCUT2D eigenvalue weighted by molar-refractivity contribution is 6.17. The summed E-state index contributed by atoms with van der Waals surface area (Å²) < 4.78 is 13.3. The third kappa shape index (κ3) is 3.48. The molecule has 3 heteroatoms. The Hall–Kier alpha value is -1.54. The number of hydrogen-bond donors (Lipinski definition) is 0. The van der Waals surface area contributed by atoms with E-state index in [4.69, 9.17) is 11.6 Å². The fourth-order valence-electron chi connectivity index (χ4n) is 2.14. The predicted molar refractivity (Wildman–Crippen MR) is 79.1 cm³/mol. The van der Waals surface area contributed by atoms with Gasteiger partial charge in [-0.15, -0.1) is 11.6 Å². The zero-order valence-corrected chi connectivity index (χ0v) is 11.7. The van der Waals surface area contributed by atoms with Gasteiger partial charge in [0.2, 0.25) is 0 Å². The van der Waals surface area contributed by atoms with E-state index in [9.17, 15) is 4.39 Å². The van der Waals surface area contributed by atoms with E-state index in [2.05, 4.69) is 24.0 Å². The first-order chi connectivity index (χ1) is 9.24. The minimum atomic E-state index is -0.241. The number of halogens is 2. The van der Waals surface area contributed by atoms with Crippen molar-refractivity contribution in [2.75, 3.05) is 11.4 Å². The quantitative estimate of drug-likeness (QED) is 0.723. The summed E-state index contributed by atoms with van der Waals surface area (Å²) in [6, 6.07) is 15.0. The topological polar surface area (TPSA) is 3.24 Å². The zero-order valence-electron chi connectivity index (χ0n) is 10.9. The third-order valence-electron chi connectivity index (χ3n) is 3.12. The van der Waals surface area contributed by atoms with Gasteiger partial charge in [0.15, 0.2) is 0 Å². The lowest BCUT2D eigenvalue weighted by molar-refractivity contribution is 0.626. The van der Waals surface area contributed by atoms with Crippen molar-refractivity contribution in [3.05, 3.63) is 65.5 Å². The average molecular weight is 278 g/mol. The number of nitrogens with zero attached hydrogens (tertiary/aromatic N) is 1. The van der Waals surface area contributed by atoms with Gasteiger partial charge in [0.05, 0.1) is 0 Å². The molecule has 100 valence electrons. The number of anilines is 1. The van der Waals surface area contributed by atoms with Gasteiger partial charge in [-0.3, -0.25) is 0 Å². The van der Waals surface area contributed by atoms with Gasteiger partial charge in [-0.25, -0.2) is 4.39 Å². The maximum Gasteiger partial charge on any atom is 0.123 e. The molecule has 0 fully saturated rings. The highest BCUT2D eigenvalue weighted by Gasteiger charge is 2.10. The maximum atomic E-state index is 13.3. The van der Waals surface area contributed by atoms with Crippen LogP contribution in [-0.4, -0.2) is 6.54 Å². The minimum Gasteiger partial charge on any atom is -0.367 e. The lowest BCUT2D eigenvalue weighted by atomic mass is 10.1. The van der Waals surface area contributed by atoms with Gasteiger partial charge < -0.3 is 4.90 Å². The molecule has 0 radical (unpaired) electrons. The van der Waals surface area contributed by atoms with E-state index in [1.165, 1.54) is 17.7 Å². The number of alkyl halides is 1. The Labute approximate surface area is 118 Å². The number of hydrogen-bond acceptors (Lipinski definition) is 1. The summed E-state index contributed by atoms with van der Waals surface area (Å²) in [6.07, 6.45) is 0. The minimum absolute atomic E-state index is 0.241. The molecule has 0 amide bonds. The molecule has 0 unspecified atom stereocenters. The van der Waals surface area contributed by atoms with Crippen LogP contribution in [0.3, 0.4) is 0 Å². The first kappa shape index (κ1) is 13.9. The molecular formula is C16H17ClFN. The van der Waals surface area contributed by atoms with Gasteiger partial charge in [0, 0.05) is 24.7 Å². The summed E-state index contributed by atoms with van der Waals surface area (Å²) >= 11 is 5.91. The molecule has 2 rings (SSSR count). The van der Waals surface area contributed by atoms with Gasteiger partial charge in [-0.2, -0.15) is 0 Å². The van der Waals surface area contributed by atoms with Gasteiger partial charge >= 0.3 is 0 Å². The van der Waals surface area contributed by atoms with E-state index in [1.807, 2.05) is 18.2 Å². The molecule has 19 heavy (non-hydrogen) atoms. The number of rotatable bonds is 5. The van der Waals surface area contributed by atoms with Crippen LogP contribution in [0, 0.1) is 5.82 Å². The SMILES string of the molecule is CCN(Cc1ccccc1)c1ccc(F)cc1CCl. The summed E-state index contributed by atoms with van der Waals surface area (Å²) in [6.45, 7) is 3.74. The second-order valence-corrected chi connectivity index (χ2v) is 4.67. The lowest BCUT2D eigenvalue weighted by Crippen LogP contribution is -2.23. The molecule has 0 N–H and O–H groups in total. The summed E-state index contributed by atoms with van der Waals surface area (Å²) in [4.78, 5) is 2.20. The van der Waals surface area contributed by atoms with E-state index >= 15 is 0 Å². The molecule has 1 nitrogen and oxygen atoms in total. The lowest BCUT2D eigenvalue weighted by Gasteiger charge is -2.25. The van der Waals surface area contributed by atoms with Crippen LogP contribution in [0.25, 0.3) is 0 Å². The van der Waals surface area contributed by atoms with Crippen LogP contribution in [0.5, 0.6) is 0 Å². The van der Waals surface area contributed by atoms with Crippen LogP contribution in [-0.2, 0) is 12.4 Å². The van der Waals surface area contributed by atoms with Gasteiger partial charge in [0.25, 0.3) is 0 Å². The van der Waals surface area contributed by atoms with Gasteiger partial charge in [-0.05, 0) is 36.2 Å². The van der Waals surface area contributed by atoms with Crippen LogP contribution in [0.1, 0.15) is 18.1 Å². The molecule has 0 bridgehead atoms. The summed E-state index contributed by atoms with van der Waals surface area (Å²) in [7, 11) is 0. The summed E-state index contributed by atoms with van der Waals surface area (Å²) in [5.41, 5.74) is 3.07. The second-order valence-electron chi connectivity index (χ2n) is 4.41. The standard InChI is InChI=1S/C16H17ClFN/c1-2-19(12-13-6-4-3-5-7-13)16-9-8-15(18)10-14(16)11-17/h3-10H,2,11-12H2,1H3. The molecule has 2 aromatic rings. The van der Waals surface area contributed by atoms with Crippen LogP contribution in [0.15, 0.2) is 48.5 Å². The van der Waals surface area contributed by atoms with E-state index < -0.39 is 0 Å². The molecule has 0 aliphatic carbocycles. The summed E-state index contributed by atoms with van der Waals surface area (Å²) in [5.74, 6) is 0.0773. The smallest absolute Gasteiger partial charge is 0.123 e. The molecule has 0 heterocycles. The van der Waals surface area contributed by atoms with Crippen molar-refractivity contribution in [1.82, 2.24) is 0 Å². The Bertz CT molecular complexity index is 528. The second kappa shape index (κ2) is 6.58. The largest absolute Gasteiger partial charge is 0.367 e. The highest BCUT2D eigenvalue weighted by Crippen LogP contribution is 2.24. The monoisotopic (exact) mass is 277 g/mol. The Kier molecular flexibility index (Phi) is 4.80. The predicted octanol–water partition coefficient (Wildman–Crippen LogP) is 4.59. The third-order valence-corrected chi connectivity index (χ3v) is 3.41. The van der Waals surface area contributed by atoms with E-state index in [1.54, 1.807) is 6.07 Å². The van der Waals surface area contributed by atoms with Crippen molar-refractivity contribution in [3.8, 4) is 0 Å². The highest BCUT2D eigenvalue weighted by atomic mass is 35.5. The Morgan fingerprint density at radius 3 is 2.47 bits per heavy atom. The van der Waals surface area contributed by atoms with Crippen molar-refractivity contribution >= 4 is 17.3 Å². The summed E-state index contributed by atoms with van der Waals surface area (Å²) in [5, 5.41) is 0. The molecule has 0 aromatic heterocycles. The van der Waals surface area contributed by atoms with E-state index in [0.29, 0.717) is 5.88 Å². The van der Waals surface area contributed by atoms with Crippen molar-refractivity contribution in [3.63, 3.8) is 0 Å². The molecule has 0 saturated carbocycles. The fourth-order valence-corrected chi connectivity index (χ4v) is 2.35. The van der Waals surface area contributed by atoms with Gasteiger partial charge in [0.1, 0.15) is 5.82 Å². The van der Waals surface area contributed by atoms with E-state index in [0.717, 1.165) is 24.3 Å². The zero-order chi connectivity index (χ0) is 13.7.